The zero-order valence-corrected chi connectivity index (χ0v) is 16.6. The molecular formula is C20H32O7. The average Bonchev–Trinajstić information content (AvgIpc) is 2.68. The van der Waals surface area contributed by atoms with E-state index in [1.165, 1.54) is 12.7 Å². The lowest BCUT2D eigenvalue weighted by Gasteiger charge is -2.33. The van der Waals surface area contributed by atoms with Gasteiger partial charge in [0.25, 0.3) is 0 Å². The second kappa shape index (κ2) is 14.5. The standard InChI is InChI=1S/C20H32O7/c1-4-11-20(27-17-25-15-23-3,12-10-18-8-6-5-7-9-18)13-19(21)26-16-24-14-22-2/h5-9H,4,10-17H2,1-3H3/t20-/m1/s1. The highest BCUT2D eigenvalue weighted by atomic mass is 16.7. The Hall–Kier alpha value is -1.51. The normalized spacial score (nSPS) is 13.3. The molecule has 7 heteroatoms. The van der Waals surface area contributed by atoms with Crippen molar-refractivity contribution in [2.24, 2.45) is 0 Å². The number of carbonyl (C=O) groups excluding carboxylic acids is 1. The van der Waals surface area contributed by atoms with Crippen LogP contribution in [0.25, 0.3) is 0 Å². The molecule has 0 radical (unpaired) electrons. The first-order valence-corrected chi connectivity index (χ1v) is 9.12. The van der Waals surface area contributed by atoms with Gasteiger partial charge in [-0.25, -0.2) is 0 Å². The SMILES string of the molecule is CCC[C@@](CCc1ccccc1)(CC(=O)OCOCOC)OCOCOC. The number of ether oxygens (including phenoxy) is 6. The number of methoxy groups -OCH3 is 2. The first-order chi connectivity index (χ1) is 13.2. The molecule has 1 aromatic rings. The van der Waals surface area contributed by atoms with E-state index in [1.54, 1.807) is 7.11 Å². The van der Waals surface area contributed by atoms with Gasteiger partial charge in [-0.15, -0.1) is 0 Å². The number of benzene rings is 1. The van der Waals surface area contributed by atoms with Crippen molar-refractivity contribution in [3.05, 3.63) is 35.9 Å². The fourth-order valence-corrected chi connectivity index (χ4v) is 2.79. The Kier molecular flexibility index (Phi) is 12.7. The van der Waals surface area contributed by atoms with Gasteiger partial charge in [-0.2, -0.15) is 0 Å². The van der Waals surface area contributed by atoms with E-state index in [9.17, 15) is 4.79 Å². The molecule has 1 atom stereocenters. The van der Waals surface area contributed by atoms with E-state index in [0.29, 0.717) is 12.8 Å². The van der Waals surface area contributed by atoms with Crippen LogP contribution in [0.5, 0.6) is 0 Å². The molecule has 1 aromatic carbocycles. The number of hydrogen-bond donors (Lipinski definition) is 0. The van der Waals surface area contributed by atoms with E-state index < -0.39 is 5.60 Å². The lowest BCUT2D eigenvalue weighted by atomic mass is 9.87. The molecule has 0 aliphatic rings. The Bertz CT molecular complexity index is 494. The average molecular weight is 384 g/mol. The molecule has 0 saturated heterocycles. The van der Waals surface area contributed by atoms with Gasteiger partial charge in [0.15, 0.2) is 6.79 Å². The van der Waals surface area contributed by atoms with Crippen LogP contribution < -0.4 is 0 Å². The van der Waals surface area contributed by atoms with E-state index in [4.69, 9.17) is 28.4 Å². The van der Waals surface area contributed by atoms with E-state index in [1.807, 2.05) is 18.2 Å². The third kappa shape index (κ3) is 10.4. The summed E-state index contributed by atoms with van der Waals surface area (Å²) in [5.41, 5.74) is 0.521. The maximum absolute atomic E-state index is 12.3. The van der Waals surface area contributed by atoms with Crippen molar-refractivity contribution >= 4 is 5.97 Å². The first-order valence-electron chi connectivity index (χ1n) is 9.12. The van der Waals surface area contributed by atoms with Gasteiger partial charge < -0.3 is 28.4 Å². The molecular weight excluding hydrogens is 352 g/mol. The molecule has 0 fully saturated rings. The quantitative estimate of drug-likeness (QED) is 0.246. The highest BCUT2D eigenvalue weighted by Crippen LogP contribution is 2.29. The van der Waals surface area contributed by atoms with E-state index in [2.05, 4.69) is 19.1 Å². The zero-order chi connectivity index (χ0) is 19.8. The molecule has 0 aliphatic heterocycles. The Labute approximate surface area is 161 Å². The van der Waals surface area contributed by atoms with Crippen molar-refractivity contribution in [1.82, 2.24) is 0 Å². The predicted molar refractivity (Wildman–Crippen MR) is 99.9 cm³/mol. The van der Waals surface area contributed by atoms with Crippen LogP contribution in [0.15, 0.2) is 30.3 Å². The number of esters is 1. The Morgan fingerprint density at radius 3 is 2.22 bits per heavy atom. The minimum absolute atomic E-state index is 0.0517. The van der Waals surface area contributed by atoms with Crippen LogP contribution in [0.2, 0.25) is 0 Å². The molecule has 27 heavy (non-hydrogen) atoms. The summed E-state index contributed by atoms with van der Waals surface area (Å²) in [5, 5.41) is 0. The van der Waals surface area contributed by atoms with E-state index >= 15 is 0 Å². The summed E-state index contributed by atoms with van der Waals surface area (Å²) in [7, 11) is 3.05. The summed E-state index contributed by atoms with van der Waals surface area (Å²) in [5.74, 6) is -0.376. The molecule has 0 saturated carbocycles. The van der Waals surface area contributed by atoms with Gasteiger partial charge in [-0.05, 0) is 24.8 Å². The van der Waals surface area contributed by atoms with Crippen LogP contribution in [-0.4, -0.2) is 53.0 Å². The topological polar surface area (TPSA) is 72.5 Å². The summed E-state index contributed by atoms with van der Waals surface area (Å²) in [6.45, 7) is 2.17. The molecule has 0 N–H and O–H groups in total. The molecule has 0 heterocycles. The maximum Gasteiger partial charge on any atom is 0.310 e. The van der Waals surface area contributed by atoms with Crippen molar-refractivity contribution in [2.75, 3.05) is 41.4 Å². The third-order valence-corrected chi connectivity index (χ3v) is 4.04. The van der Waals surface area contributed by atoms with Gasteiger partial charge in [0.1, 0.15) is 20.4 Å². The number of rotatable bonds is 16. The van der Waals surface area contributed by atoms with Gasteiger partial charge in [-0.1, -0.05) is 43.7 Å². The highest BCUT2D eigenvalue weighted by Gasteiger charge is 2.34. The molecule has 7 nitrogen and oxygen atoms in total. The Balaban J connectivity index is 2.71. The van der Waals surface area contributed by atoms with Crippen molar-refractivity contribution in [3.8, 4) is 0 Å². The molecule has 1 rings (SSSR count). The number of carbonyl (C=O) groups is 1. The molecule has 0 spiro atoms. The van der Waals surface area contributed by atoms with E-state index in [0.717, 1.165) is 12.8 Å². The molecule has 0 aromatic heterocycles. The van der Waals surface area contributed by atoms with Gasteiger partial charge in [0, 0.05) is 14.2 Å². The van der Waals surface area contributed by atoms with Crippen LogP contribution in [-0.2, 0) is 39.6 Å². The minimum atomic E-state index is -0.670. The second-order valence-electron chi connectivity index (χ2n) is 6.21. The summed E-state index contributed by atoms with van der Waals surface area (Å²) in [6.07, 6.45) is 3.17. The summed E-state index contributed by atoms with van der Waals surface area (Å²) in [4.78, 5) is 12.3. The van der Waals surface area contributed by atoms with Gasteiger partial charge in [-0.3, -0.25) is 4.79 Å². The van der Waals surface area contributed by atoms with Crippen LogP contribution in [0, 0.1) is 0 Å². The van der Waals surface area contributed by atoms with Gasteiger partial charge in [0.05, 0.1) is 12.0 Å². The first kappa shape index (κ1) is 23.5. The number of aryl methyl sites for hydroxylation is 1. The lowest BCUT2D eigenvalue weighted by molar-refractivity contribution is -0.195. The van der Waals surface area contributed by atoms with Crippen molar-refractivity contribution in [3.63, 3.8) is 0 Å². The summed E-state index contributed by atoms with van der Waals surface area (Å²) < 4.78 is 31.1. The molecule has 154 valence electrons. The van der Waals surface area contributed by atoms with Crippen molar-refractivity contribution in [2.45, 2.75) is 44.6 Å². The predicted octanol–water partition coefficient (Wildman–Crippen LogP) is 3.26. The van der Waals surface area contributed by atoms with E-state index in [-0.39, 0.29) is 39.6 Å². The molecule has 0 unspecified atom stereocenters. The highest BCUT2D eigenvalue weighted by molar-refractivity contribution is 5.70. The zero-order valence-electron chi connectivity index (χ0n) is 16.6. The van der Waals surface area contributed by atoms with Gasteiger partial charge >= 0.3 is 5.97 Å². The lowest BCUT2D eigenvalue weighted by Crippen LogP contribution is -2.37. The van der Waals surface area contributed by atoms with Crippen LogP contribution in [0.3, 0.4) is 0 Å². The molecule has 0 bridgehead atoms. The summed E-state index contributed by atoms with van der Waals surface area (Å²) in [6, 6.07) is 10.1. The smallest absolute Gasteiger partial charge is 0.310 e. The fraction of sp³-hybridized carbons (Fsp3) is 0.650. The number of hydrogen-bond acceptors (Lipinski definition) is 7. The summed E-state index contributed by atoms with van der Waals surface area (Å²) >= 11 is 0. The van der Waals surface area contributed by atoms with Crippen LogP contribution in [0.4, 0.5) is 0 Å². The molecule has 0 aliphatic carbocycles. The Morgan fingerprint density at radius 1 is 0.926 bits per heavy atom. The second-order valence-corrected chi connectivity index (χ2v) is 6.21. The Morgan fingerprint density at radius 2 is 1.59 bits per heavy atom. The third-order valence-electron chi connectivity index (χ3n) is 4.04. The van der Waals surface area contributed by atoms with Crippen molar-refractivity contribution < 1.29 is 33.2 Å². The monoisotopic (exact) mass is 384 g/mol. The fourth-order valence-electron chi connectivity index (χ4n) is 2.79. The largest absolute Gasteiger partial charge is 0.438 e. The van der Waals surface area contributed by atoms with Crippen LogP contribution in [0.1, 0.15) is 38.2 Å². The molecule has 0 amide bonds. The van der Waals surface area contributed by atoms with Crippen molar-refractivity contribution in [1.29, 1.82) is 0 Å². The van der Waals surface area contributed by atoms with Crippen LogP contribution >= 0.6 is 0 Å². The van der Waals surface area contributed by atoms with Gasteiger partial charge in [0.2, 0.25) is 0 Å². The maximum atomic E-state index is 12.3. The minimum Gasteiger partial charge on any atom is -0.438 e.